The number of aromatic nitrogens is 3. The van der Waals surface area contributed by atoms with Crippen LogP contribution in [0.1, 0.15) is 54.9 Å². The van der Waals surface area contributed by atoms with Gasteiger partial charge in [0.1, 0.15) is 0 Å². The second kappa shape index (κ2) is 12.7. The number of hydrogen-bond acceptors (Lipinski definition) is 7. The molecule has 0 aliphatic carbocycles. The minimum absolute atomic E-state index is 0.354. The summed E-state index contributed by atoms with van der Waals surface area (Å²) in [5.41, 5.74) is 5.58. The highest BCUT2D eigenvalue weighted by Crippen LogP contribution is 2.23. The van der Waals surface area contributed by atoms with E-state index >= 15 is 0 Å². The average Bonchev–Trinajstić information content (AvgIpc) is 3.30. The van der Waals surface area contributed by atoms with E-state index in [-0.39, 0.29) is 12.2 Å². The molecule has 2 aromatic heterocycles. The lowest BCUT2D eigenvalue weighted by Crippen LogP contribution is -2.40. The van der Waals surface area contributed by atoms with Gasteiger partial charge in [-0.25, -0.2) is 20.3 Å². The van der Waals surface area contributed by atoms with Crippen LogP contribution in [0.3, 0.4) is 0 Å². The molecule has 0 spiro atoms. The number of hydroxylamine groups is 1. The summed E-state index contributed by atoms with van der Waals surface area (Å²) in [4.78, 5) is 31.5. The third-order valence-electron chi connectivity index (χ3n) is 7.86. The second-order valence-electron chi connectivity index (χ2n) is 10.5. The Hall–Kier alpha value is -3.01. The zero-order valence-electron chi connectivity index (χ0n) is 22.6. The summed E-state index contributed by atoms with van der Waals surface area (Å²) in [7, 11) is 2.13. The van der Waals surface area contributed by atoms with Gasteiger partial charge in [0.25, 0.3) is 5.91 Å². The number of carbonyl (C=O) groups is 1. The van der Waals surface area contributed by atoms with Crippen LogP contribution >= 0.6 is 0 Å². The number of hydrogen-bond donors (Lipinski definition) is 1. The van der Waals surface area contributed by atoms with Crippen molar-refractivity contribution in [2.75, 3.05) is 44.2 Å². The number of ether oxygens (including phenoxy) is 1. The number of amides is 1. The Morgan fingerprint density at radius 3 is 2.68 bits per heavy atom. The van der Waals surface area contributed by atoms with Gasteiger partial charge >= 0.3 is 0 Å². The SMILES string of the molecule is CCN(CCc1cn(C)c2ccccc12)CC1CCN(c2ncc(C(=O)NOC3CCCCO3)cn2)CC1. The fourth-order valence-electron chi connectivity index (χ4n) is 5.55. The fraction of sp³-hybridized carbons (Fsp3) is 0.552. The number of likely N-dealkylation sites (N-methyl/N-ethyl adjacent to an activating group) is 1. The smallest absolute Gasteiger partial charge is 0.278 e. The predicted molar refractivity (Wildman–Crippen MR) is 148 cm³/mol. The topological polar surface area (TPSA) is 84.8 Å². The van der Waals surface area contributed by atoms with Gasteiger partial charge in [-0.05, 0) is 56.2 Å². The summed E-state index contributed by atoms with van der Waals surface area (Å²) >= 11 is 0. The Bertz CT molecular complexity index is 1180. The standard InChI is InChI=1S/C29H40N6O3/c1-3-34(14-13-23-21-33(2)26-9-5-4-8-25(23)26)20-22-11-15-35(16-12-22)29-30-18-24(19-31-29)28(36)32-38-27-10-6-7-17-37-27/h4-5,8-9,18-19,21-22,27H,3,6-7,10-17,20H2,1-2H3,(H,32,36). The molecule has 9 heteroatoms. The zero-order valence-corrected chi connectivity index (χ0v) is 22.6. The molecule has 1 unspecified atom stereocenters. The summed E-state index contributed by atoms with van der Waals surface area (Å²) in [5, 5.41) is 1.37. The molecule has 1 atom stereocenters. The van der Waals surface area contributed by atoms with Crippen LogP contribution in [0.2, 0.25) is 0 Å². The summed E-state index contributed by atoms with van der Waals surface area (Å²) in [6.07, 6.45) is 11.2. The van der Waals surface area contributed by atoms with Crippen molar-refractivity contribution < 1.29 is 14.4 Å². The molecule has 0 radical (unpaired) electrons. The van der Waals surface area contributed by atoms with Gasteiger partial charge < -0.3 is 19.1 Å². The predicted octanol–water partition coefficient (Wildman–Crippen LogP) is 3.94. The molecule has 2 fully saturated rings. The van der Waals surface area contributed by atoms with Gasteiger partial charge in [-0.15, -0.1) is 0 Å². The van der Waals surface area contributed by atoms with Crippen molar-refractivity contribution >= 4 is 22.8 Å². The molecule has 9 nitrogen and oxygen atoms in total. The normalized spacial score (nSPS) is 18.8. The van der Waals surface area contributed by atoms with Crippen molar-refractivity contribution in [3.8, 4) is 0 Å². The van der Waals surface area contributed by atoms with Crippen LogP contribution in [0.4, 0.5) is 5.95 Å². The molecule has 0 bridgehead atoms. The number of piperidine rings is 1. The van der Waals surface area contributed by atoms with Crippen LogP contribution in [0.15, 0.2) is 42.9 Å². The van der Waals surface area contributed by atoms with Crippen LogP contribution in [0.5, 0.6) is 0 Å². The Balaban J connectivity index is 1.06. The first-order chi connectivity index (χ1) is 18.6. The molecule has 38 heavy (non-hydrogen) atoms. The van der Waals surface area contributed by atoms with Crippen molar-refractivity contribution in [3.05, 3.63) is 54.0 Å². The molecule has 204 valence electrons. The van der Waals surface area contributed by atoms with Crippen LogP contribution in [-0.4, -0.2) is 71.0 Å². The maximum Gasteiger partial charge on any atom is 0.278 e. The van der Waals surface area contributed by atoms with Gasteiger partial charge in [-0.3, -0.25) is 4.79 Å². The summed E-state index contributed by atoms with van der Waals surface area (Å²) < 4.78 is 7.71. The molecule has 2 aliphatic rings. The maximum atomic E-state index is 12.4. The summed E-state index contributed by atoms with van der Waals surface area (Å²) in [5.74, 6) is 0.996. The Kier molecular flexibility index (Phi) is 8.88. The quantitative estimate of drug-likeness (QED) is 0.406. The highest BCUT2D eigenvalue weighted by atomic mass is 16.8. The molecule has 4 heterocycles. The van der Waals surface area contributed by atoms with Gasteiger partial charge in [0.05, 0.1) is 5.56 Å². The first-order valence-electron chi connectivity index (χ1n) is 14.0. The number of anilines is 1. The van der Waals surface area contributed by atoms with E-state index in [1.807, 2.05) is 0 Å². The number of nitrogens with zero attached hydrogens (tertiary/aromatic N) is 5. The van der Waals surface area contributed by atoms with Crippen molar-refractivity contribution in [3.63, 3.8) is 0 Å². The molecule has 2 aliphatic heterocycles. The first-order valence-corrected chi connectivity index (χ1v) is 14.0. The molecular formula is C29H40N6O3. The fourth-order valence-corrected chi connectivity index (χ4v) is 5.55. The van der Waals surface area contributed by atoms with E-state index in [9.17, 15) is 4.79 Å². The number of aryl methyl sites for hydroxylation is 1. The number of rotatable bonds is 10. The largest absolute Gasteiger partial charge is 0.350 e. The molecule has 1 aromatic carbocycles. The van der Waals surface area contributed by atoms with Crippen molar-refractivity contribution in [1.29, 1.82) is 0 Å². The Morgan fingerprint density at radius 1 is 1.16 bits per heavy atom. The lowest BCUT2D eigenvalue weighted by atomic mass is 9.96. The molecule has 0 saturated carbocycles. The molecule has 1 N–H and O–H groups in total. The third-order valence-corrected chi connectivity index (χ3v) is 7.86. The highest BCUT2D eigenvalue weighted by molar-refractivity contribution is 5.92. The van der Waals surface area contributed by atoms with Gasteiger partial charge in [0.2, 0.25) is 5.95 Å². The molecule has 5 rings (SSSR count). The first kappa shape index (κ1) is 26.6. The molecular weight excluding hydrogens is 480 g/mol. The Morgan fingerprint density at radius 2 is 1.95 bits per heavy atom. The molecule has 2 saturated heterocycles. The number of carbonyl (C=O) groups excluding carboxylic acids is 1. The van der Waals surface area contributed by atoms with Gasteiger partial charge in [0, 0.05) is 75.7 Å². The van der Waals surface area contributed by atoms with Crippen molar-refractivity contribution in [1.82, 2.24) is 24.9 Å². The van der Waals surface area contributed by atoms with Crippen LogP contribution in [0.25, 0.3) is 10.9 Å². The lowest BCUT2D eigenvalue weighted by Gasteiger charge is -2.34. The highest BCUT2D eigenvalue weighted by Gasteiger charge is 2.23. The van der Waals surface area contributed by atoms with E-state index in [0.29, 0.717) is 24.0 Å². The van der Waals surface area contributed by atoms with E-state index in [0.717, 1.165) is 71.2 Å². The minimum atomic E-state index is -0.379. The average molecular weight is 521 g/mol. The van der Waals surface area contributed by atoms with Crippen molar-refractivity contribution in [2.24, 2.45) is 13.0 Å². The zero-order chi connectivity index (χ0) is 26.3. The van der Waals surface area contributed by atoms with Gasteiger partial charge in [0.15, 0.2) is 6.29 Å². The Labute approximate surface area is 225 Å². The molecule has 1 amide bonds. The maximum absolute atomic E-state index is 12.4. The van der Waals surface area contributed by atoms with Crippen LogP contribution in [0, 0.1) is 5.92 Å². The van der Waals surface area contributed by atoms with E-state index in [4.69, 9.17) is 9.57 Å². The number of para-hydroxylation sites is 1. The summed E-state index contributed by atoms with van der Waals surface area (Å²) in [6, 6.07) is 8.66. The lowest BCUT2D eigenvalue weighted by molar-refractivity contribution is -0.186. The number of benzene rings is 1. The van der Waals surface area contributed by atoms with E-state index < -0.39 is 0 Å². The number of fused-ring (bicyclic) bond motifs is 1. The summed E-state index contributed by atoms with van der Waals surface area (Å²) in [6.45, 7) is 8.05. The van der Waals surface area contributed by atoms with Crippen molar-refractivity contribution in [2.45, 2.75) is 51.7 Å². The van der Waals surface area contributed by atoms with E-state index in [2.05, 4.69) is 74.2 Å². The second-order valence-corrected chi connectivity index (χ2v) is 10.5. The van der Waals surface area contributed by atoms with E-state index in [1.165, 1.54) is 16.5 Å². The number of nitrogens with one attached hydrogen (secondary N) is 1. The van der Waals surface area contributed by atoms with Gasteiger partial charge in [-0.2, -0.15) is 0 Å². The third kappa shape index (κ3) is 6.51. The monoisotopic (exact) mass is 520 g/mol. The minimum Gasteiger partial charge on any atom is -0.350 e. The van der Waals surface area contributed by atoms with E-state index in [1.54, 1.807) is 12.4 Å². The van der Waals surface area contributed by atoms with Crippen LogP contribution in [-0.2, 0) is 23.0 Å². The molecule has 3 aromatic rings. The van der Waals surface area contributed by atoms with Crippen LogP contribution < -0.4 is 10.4 Å². The van der Waals surface area contributed by atoms with Gasteiger partial charge in [-0.1, -0.05) is 25.1 Å².